The van der Waals surface area contributed by atoms with Crippen molar-refractivity contribution in [1.29, 1.82) is 0 Å². The van der Waals surface area contributed by atoms with Crippen LogP contribution < -0.4 is 20.7 Å². The molecule has 0 unspecified atom stereocenters. The maximum atomic E-state index is 13.7. The van der Waals surface area contributed by atoms with Gasteiger partial charge >= 0.3 is 0 Å². The van der Waals surface area contributed by atoms with Crippen LogP contribution in [-0.4, -0.2) is 25.7 Å². The molecule has 0 saturated heterocycles. The third kappa shape index (κ3) is 6.64. The molecule has 0 bridgehead atoms. The average Bonchev–Trinajstić information content (AvgIpc) is 2.71. The van der Waals surface area contributed by atoms with Crippen molar-refractivity contribution >= 4 is 67.6 Å². The van der Waals surface area contributed by atoms with E-state index in [1.807, 2.05) is 0 Å². The van der Waals surface area contributed by atoms with Gasteiger partial charge in [0.05, 0.1) is 22.5 Å². The van der Waals surface area contributed by atoms with Crippen molar-refractivity contribution in [3.05, 3.63) is 83.1 Å². The minimum absolute atomic E-state index is 0.0449. The minimum atomic E-state index is -3.44. The number of hydrogen-bond donors (Lipinski definition) is 4. The number of thiocarbonyl (C=S) groups is 1. The smallest absolute Gasteiger partial charge is 0.258 e. The lowest BCUT2D eigenvalue weighted by atomic mass is 10.2. The summed E-state index contributed by atoms with van der Waals surface area (Å²) in [6.07, 6.45) is 1.03. The fraction of sp³-hybridized carbons (Fsp3) is 0.0476. The maximum absolute atomic E-state index is 13.7. The summed E-state index contributed by atoms with van der Waals surface area (Å²) in [6.45, 7) is 0. The lowest BCUT2D eigenvalue weighted by Gasteiger charge is -2.13. The van der Waals surface area contributed by atoms with Gasteiger partial charge in [0.15, 0.2) is 5.11 Å². The van der Waals surface area contributed by atoms with Crippen LogP contribution in [0.3, 0.4) is 0 Å². The van der Waals surface area contributed by atoms with Gasteiger partial charge in [0.2, 0.25) is 10.0 Å². The number of amides is 1. The number of hydrogen-bond acceptors (Lipinski definition) is 4. The number of carbonyl (C=O) groups excluding carboxylic acids is 1. The Balaban J connectivity index is 1.58. The van der Waals surface area contributed by atoms with E-state index in [0.29, 0.717) is 17.1 Å². The predicted molar refractivity (Wildman–Crippen MR) is 131 cm³/mol. The van der Waals surface area contributed by atoms with Gasteiger partial charge in [-0.2, -0.15) is 0 Å². The molecule has 7 nitrogen and oxygen atoms in total. The number of rotatable bonds is 6. The quantitative estimate of drug-likeness (QED) is 0.365. The van der Waals surface area contributed by atoms with Crippen molar-refractivity contribution in [2.75, 3.05) is 26.9 Å². The largest absolute Gasteiger partial charge is 0.332 e. The van der Waals surface area contributed by atoms with Gasteiger partial charge in [-0.15, -0.1) is 0 Å². The summed E-state index contributed by atoms with van der Waals surface area (Å²) in [5.41, 5.74) is 1.90. The first kappa shape index (κ1) is 23.5. The zero-order valence-electron chi connectivity index (χ0n) is 16.6. The number of benzene rings is 3. The second-order valence-electron chi connectivity index (χ2n) is 6.66. The van der Waals surface area contributed by atoms with Gasteiger partial charge in [0.25, 0.3) is 5.91 Å². The van der Waals surface area contributed by atoms with Crippen LogP contribution in [0.1, 0.15) is 10.4 Å². The Hall–Kier alpha value is -3.21. The Morgan fingerprint density at radius 1 is 0.906 bits per heavy atom. The molecule has 0 aliphatic heterocycles. The molecule has 3 rings (SSSR count). The molecule has 0 spiro atoms. The summed E-state index contributed by atoms with van der Waals surface area (Å²) in [5.74, 6) is -1.15. The molecule has 3 aromatic carbocycles. The van der Waals surface area contributed by atoms with Gasteiger partial charge in [-0.25, -0.2) is 12.8 Å². The molecule has 0 saturated carbocycles. The van der Waals surface area contributed by atoms with E-state index in [1.165, 1.54) is 30.3 Å². The summed E-state index contributed by atoms with van der Waals surface area (Å²) in [6, 6.07) is 17.1. The molecular formula is C21H18ClFN4O3S2. The van der Waals surface area contributed by atoms with Crippen LogP contribution in [0.15, 0.2) is 66.7 Å². The van der Waals surface area contributed by atoms with E-state index in [4.69, 9.17) is 23.8 Å². The van der Waals surface area contributed by atoms with E-state index in [-0.39, 0.29) is 21.4 Å². The normalized spacial score (nSPS) is 10.8. The van der Waals surface area contributed by atoms with Gasteiger partial charge in [0, 0.05) is 17.1 Å². The van der Waals surface area contributed by atoms with Crippen LogP contribution >= 0.6 is 23.8 Å². The second kappa shape index (κ2) is 9.94. The van der Waals surface area contributed by atoms with E-state index in [0.717, 1.165) is 6.26 Å². The predicted octanol–water partition coefficient (Wildman–Crippen LogP) is 4.91. The molecule has 166 valence electrons. The molecule has 0 fully saturated rings. The molecule has 1 amide bonds. The lowest BCUT2D eigenvalue weighted by Crippen LogP contribution is -2.19. The maximum Gasteiger partial charge on any atom is 0.258 e. The Kier molecular flexibility index (Phi) is 7.29. The van der Waals surface area contributed by atoms with E-state index < -0.39 is 21.7 Å². The minimum Gasteiger partial charge on any atom is -0.332 e. The molecule has 0 aliphatic rings. The molecule has 11 heteroatoms. The highest BCUT2D eigenvalue weighted by Gasteiger charge is 2.11. The molecule has 0 heterocycles. The SMILES string of the molecule is CS(=O)(=O)Nc1ccc(NC(=S)Nc2ccc(NC(=O)c3ccccc3F)cc2)cc1Cl. The van der Waals surface area contributed by atoms with E-state index in [2.05, 4.69) is 20.7 Å². The van der Waals surface area contributed by atoms with Crippen molar-refractivity contribution in [3.8, 4) is 0 Å². The van der Waals surface area contributed by atoms with Crippen molar-refractivity contribution < 1.29 is 17.6 Å². The number of carbonyl (C=O) groups is 1. The number of sulfonamides is 1. The molecular weight excluding hydrogens is 475 g/mol. The standard InChI is InChI=1S/C21H18ClFN4O3S2/c1-32(29,30)27-19-11-10-15(12-17(19)22)26-21(31)25-14-8-6-13(7-9-14)24-20(28)16-4-2-3-5-18(16)23/h2-12,27H,1H3,(H,24,28)(H2,25,26,31). The third-order valence-electron chi connectivity index (χ3n) is 4.04. The summed E-state index contributed by atoms with van der Waals surface area (Å²) < 4.78 is 38.7. The second-order valence-corrected chi connectivity index (χ2v) is 9.22. The van der Waals surface area contributed by atoms with Crippen LogP contribution in [0.5, 0.6) is 0 Å². The van der Waals surface area contributed by atoms with Gasteiger partial charge in [-0.1, -0.05) is 23.7 Å². The molecule has 4 N–H and O–H groups in total. The van der Waals surface area contributed by atoms with E-state index in [1.54, 1.807) is 36.4 Å². The summed E-state index contributed by atoms with van der Waals surface area (Å²) in [7, 11) is -3.44. The molecule has 0 aliphatic carbocycles. The Morgan fingerprint density at radius 2 is 1.47 bits per heavy atom. The molecule has 3 aromatic rings. The summed E-state index contributed by atoms with van der Waals surface area (Å²) in [4.78, 5) is 12.2. The molecule has 0 aromatic heterocycles. The molecule has 32 heavy (non-hydrogen) atoms. The van der Waals surface area contributed by atoms with Crippen LogP contribution in [0.2, 0.25) is 5.02 Å². The van der Waals surface area contributed by atoms with Crippen LogP contribution in [0.4, 0.5) is 27.1 Å². The van der Waals surface area contributed by atoms with Crippen LogP contribution in [0, 0.1) is 5.82 Å². The van der Waals surface area contributed by atoms with Crippen molar-refractivity contribution in [2.24, 2.45) is 0 Å². The fourth-order valence-corrected chi connectivity index (χ4v) is 3.75. The van der Waals surface area contributed by atoms with Gasteiger partial charge in [-0.3, -0.25) is 9.52 Å². The topological polar surface area (TPSA) is 99.3 Å². The highest BCUT2D eigenvalue weighted by Crippen LogP contribution is 2.26. The highest BCUT2D eigenvalue weighted by atomic mass is 35.5. The van der Waals surface area contributed by atoms with Crippen LogP contribution in [-0.2, 0) is 10.0 Å². The van der Waals surface area contributed by atoms with Crippen molar-refractivity contribution in [2.45, 2.75) is 0 Å². The Labute approximate surface area is 195 Å². The zero-order chi connectivity index (χ0) is 23.3. The van der Waals surface area contributed by atoms with Gasteiger partial charge in [-0.05, 0) is 66.8 Å². The number of anilines is 4. The fourth-order valence-electron chi connectivity index (χ4n) is 2.65. The van der Waals surface area contributed by atoms with Crippen LogP contribution in [0.25, 0.3) is 0 Å². The molecule has 0 radical (unpaired) electrons. The zero-order valence-corrected chi connectivity index (χ0v) is 19.0. The highest BCUT2D eigenvalue weighted by molar-refractivity contribution is 7.92. The first-order valence-corrected chi connectivity index (χ1v) is 11.8. The molecule has 0 atom stereocenters. The first-order chi connectivity index (χ1) is 15.1. The monoisotopic (exact) mass is 492 g/mol. The van der Waals surface area contributed by atoms with E-state index >= 15 is 0 Å². The average molecular weight is 493 g/mol. The van der Waals surface area contributed by atoms with Gasteiger partial charge < -0.3 is 16.0 Å². The van der Waals surface area contributed by atoms with E-state index in [9.17, 15) is 17.6 Å². The summed E-state index contributed by atoms with van der Waals surface area (Å²) in [5, 5.41) is 9.03. The number of halogens is 2. The Morgan fingerprint density at radius 3 is 2.06 bits per heavy atom. The Bertz CT molecular complexity index is 1270. The lowest BCUT2D eigenvalue weighted by molar-refractivity contribution is 0.102. The summed E-state index contributed by atoms with van der Waals surface area (Å²) >= 11 is 11.4. The van der Waals surface area contributed by atoms with Gasteiger partial charge in [0.1, 0.15) is 5.82 Å². The van der Waals surface area contributed by atoms with Crippen molar-refractivity contribution in [1.82, 2.24) is 0 Å². The number of nitrogens with one attached hydrogen (secondary N) is 4. The first-order valence-electron chi connectivity index (χ1n) is 9.12. The third-order valence-corrected chi connectivity index (χ3v) is 5.15. The van der Waals surface area contributed by atoms with Crippen molar-refractivity contribution in [3.63, 3.8) is 0 Å².